The number of benzene rings is 1. The van der Waals surface area contributed by atoms with E-state index in [9.17, 15) is 4.79 Å². The Labute approximate surface area is 144 Å². The summed E-state index contributed by atoms with van der Waals surface area (Å²) in [6.45, 7) is 6.64. The van der Waals surface area contributed by atoms with Gasteiger partial charge in [-0.05, 0) is 29.9 Å². The van der Waals surface area contributed by atoms with E-state index < -0.39 is 0 Å². The molecule has 7 heteroatoms. The summed E-state index contributed by atoms with van der Waals surface area (Å²) >= 11 is 1.12. The molecular weight excluding hydrogens is 322 g/mol. The molecule has 0 fully saturated rings. The highest BCUT2D eigenvalue weighted by Gasteiger charge is 2.19. The van der Waals surface area contributed by atoms with Crippen LogP contribution in [0.3, 0.4) is 0 Å². The molecule has 0 aliphatic carbocycles. The number of rotatable bonds is 5. The van der Waals surface area contributed by atoms with Gasteiger partial charge in [-0.15, -0.1) is 5.10 Å². The maximum Gasteiger partial charge on any atom is 0.270 e. The van der Waals surface area contributed by atoms with Crippen LogP contribution in [-0.2, 0) is 6.54 Å². The average Bonchev–Trinajstić information content (AvgIpc) is 3.19. The van der Waals surface area contributed by atoms with Gasteiger partial charge in [0.15, 0.2) is 0 Å². The van der Waals surface area contributed by atoms with Gasteiger partial charge >= 0.3 is 0 Å². The summed E-state index contributed by atoms with van der Waals surface area (Å²) in [6, 6.07) is 10.0. The summed E-state index contributed by atoms with van der Waals surface area (Å²) < 4.78 is 5.67. The number of nitrogens with zero attached hydrogens (tertiary/aromatic N) is 4. The first-order chi connectivity index (χ1) is 11.5. The number of hydrogen-bond donors (Lipinski definition) is 1. The Balaban J connectivity index is 1.77. The highest BCUT2D eigenvalue weighted by atomic mass is 32.1. The Morgan fingerprint density at radius 3 is 2.71 bits per heavy atom. The molecule has 3 aromatic rings. The summed E-state index contributed by atoms with van der Waals surface area (Å²) in [5, 5.41) is 11.3. The van der Waals surface area contributed by atoms with Crippen molar-refractivity contribution in [3.63, 3.8) is 0 Å². The monoisotopic (exact) mass is 341 g/mol. The van der Waals surface area contributed by atoms with Crippen molar-refractivity contribution < 1.29 is 4.79 Å². The lowest BCUT2D eigenvalue weighted by molar-refractivity contribution is 0.102. The maximum atomic E-state index is 12.5. The molecule has 3 rings (SSSR count). The van der Waals surface area contributed by atoms with Crippen molar-refractivity contribution in [2.75, 3.05) is 5.32 Å². The fraction of sp³-hybridized carbons (Fsp3) is 0.294. The van der Waals surface area contributed by atoms with E-state index in [1.165, 1.54) is 5.56 Å². The van der Waals surface area contributed by atoms with Gasteiger partial charge in [0.05, 0.1) is 18.4 Å². The zero-order valence-corrected chi connectivity index (χ0v) is 14.7. The first-order valence-corrected chi connectivity index (χ1v) is 8.53. The molecule has 0 radical (unpaired) electrons. The molecule has 2 aromatic heterocycles. The average molecular weight is 341 g/mol. The van der Waals surface area contributed by atoms with E-state index in [-0.39, 0.29) is 11.8 Å². The van der Waals surface area contributed by atoms with E-state index in [1.807, 2.05) is 13.8 Å². The van der Waals surface area contributed by atoms with E-state index in [0.29, 0.717) is 17.2 Å². The van der Waals surface area contributed by atoms with Gasteiger partial charge in [0, 0.05) is 6.07 Å². The first-order valence-electron chi connectivity index (χ1n) is 7.75. The van der Waals surface area contributed by atoms with E-state index in [4.69, 9.17) is 0 Å². The topological polar surface area (TPSA) is 72.7 Å². The Morgan fingerprint density at radius 2 is 2.00 bits per heavy atom. The Kier molecular flexibility index (Phi) is 4.71. The molecule has 0 unspecified atom stereocenters. The summed E-state index contributed by atoms with van der Waals surface area (Å²) in [4.78, 5) is 13.1. The zero-order valence-electron chi connectivity index (χ0n) is 13.9. The van der Waals surface area contributed by atoms with Crippen LogP contribution in [0.1, 0.15) is 46.3 Å². The molecular formula is C17H19N5OS. The third-order valence-corrected chi connectivity index (χ3v) is 4.42. The molecule has 0 spiro atoms. The van der Waals surface area contributed by atoms with E-state index in [1.54, 1.807) is 16.9 Å². The fourth-order valence-corrected chi connectivity index (χ4v) is 3.05. The number of amides is 1. The van der Waals surface area contributed by atoms with Crippen LogP contribution >= 0.6 is 11.5 Å². The third-order valence-electron chi connectivity index (χ3n) is 3.68. The molecule has 0 atom stereocenters. The number of carbonyl (C=O) groups excluding carboxylic acids is 1. The highest BCUT2D eigenvalue weighted by Crippen LogP contribution is 2.21. The number of aromatic nitrogens is 4. The van der Waals surface area contributed by atoms with Gasteiger partial charge in [-0.2, -0.15) is 5.10 Å². The van der Waals surface area contributed by atoms with Crippen molar-refractivity contribution in [3.8, 4) is 0 Å². The van der Waals surface area contributed by atoms with Gasteiger partial charge in [-0.25, -0.2) is 4.68 Å². The van der Waals surface area contributed by atoms with Crippen molar-refractivity contribution >= 4 is 23.3 Å². The minimum Gasteiger partial charge on any atom is -0.306 e. The normalized spacial score (nSPS) is 11.0. The van der Waals surface area contributed by atoms with E-state index >= 15 is 0 Å². The van der Waals surface area contributed by atoms with Crippen LogP contribution < -0.4 is 5.32 Å². The van der Waals surface area contributed by atoms with Crippen molar-refractivity contribution in [1.82, 2.24) is 19.4 Å². The van der Waals surface area contributed by atoms with Gasteiger partial charge in [0.25, 0.3) is 5.91 Å². The van der Waals surface area contributed by atoms with Crippen molar-refractivity contribution in [3.05, 3.63) is 58.2 Å². The molecule has 2 heterocycles. The largest absolute Gasteiger partial charge is 0.306 e. The lowest BCUT2D eigenvalue weighted by atomic mass is 10.1. The molecule has 124 valence electrons. The van der Waals surface area contributed by atoms with E-state index in [2.05, 4.69) is 51.2 Å². The molecule has 0 bridgehead atoms. The second-order valence-corrected chi connectivity index (χ2v) is 6.71. The summed E-state index contributed by atoms with van der Waals surface area (Å²) in [7, 11) is 0. The molecule has 0 aliphatic heterocycles. The summed E-state index contributed by atoms with van der Waals surface area (Å²) in [5.74, 6) is 0.616. The van der Waals surface area contributed by atoms with Crippen molar-refractivity contribution in [1.29, 1.82) is 0 Å². The molecule has 0 aliphatic rings. The number of hydrogen-bond acceptors (Lipinski definition) is 5. The Bertz CT molecular complexity index is 835. The first kappa shape index (κ1) is 16.3. The molecule has 6 nitrogen and oxygen atoms in total. The fourth-order valence-electron chi connectivity index (χ4n) is 2.34. The van der Waals surface area contributed by atoms with Gasteiger partial charge in [-0.3, -0.25) is 4.79 Å². The standard InChI is InChI=1S/C17H19N5OS/c1-11(2)15-16(24-21-20-15)17(23)19-14-8-9-18-22(14)10-13-6-4-12(3)5-7-13/h4-9,11H,10H2,1-3H3,(H,19,23). The van der Waals surface area contributed by atoms with Crippen molar-refractivity contribution in [2.45, 2.75) is 33.2 Å². The SMILES string of the molecule is Cc1ccc(Cn2nccc2NC(=O)c2snnc2C(C)C)cc1. The van der Waals surface area contributed by atoms with Crippen molar-refractivity contribution in [2.24, 2.45) is 0 Å². The van der Waals surface area contributed by atoms with Gasteiger partial charge in [0.2, 0.25) is 0 Å². The van der Waals surface area contributed by atoms with Crippen LogP contribution in [0.2, 0.25) is 0 Å². The van der Waals surface area contributed by atoms with Gasteiger partial charge in [-0.1, -0.05) is 48.2 Å². The second kappa shape index (κ2) is 6.92. The smallest absolute Gasteiger partial charge is 0.270 e. The van der Waals surface area contributed by atoms with Crippen LogP contribution in [0, 0.1) is 6.92 Å². The number of nitrogens with one attached hydrogen (secondary N) is 1. The molecule has 1 aromatic carbocycles. The molecule has 24 heavy (non-hydrogen) atoms. The quantitative estimate of drug-likeness (QED) is 0.771. The van der Waals surface area contributed by atoms with E-state index in [0.717, 1.165) is 22.8 Å². The predicted octanol–water partition coefficient (Wildman–Crippen LogP) is 3.47. The summed E-state index contributed by atoms with van der Waals surface area (Å²) in [6.07, 6.45) is 1.68. The minimum absolute atomic E-state index is 0.155. The minimum atomic E-state index is -0.195. The Morgan fingerprint density at radius 1 is 1.25 bits per heavy atom. The van der Waals surface area contributed by atoms with Crippen LogP contribution in [0.25, 0.3) is 0 Å². The lowest BCUT2D eigenvalue weighted by Crippen LogP contribution is -2.17. The maximum absolute atomic E-state index is 12.5. The lowest BCUT2D eigenvalue weighted by Gasteiger charge is -2.09. The predicted molar refractivity (Wildman–Crippen MR) is 94.5 cm³/mol. The summed E-state index contributed by atoms with van der Waals surface area (Å²) in [5.41, 5.74) is 3.07. The molecule has 1 amide bonds. The number of anilines is 1. The van der Waals surface area contributed by atoms with Crippen LogP contribution in [0.15, 0.2) is 36.5 Å². The second-order valence-electron chi connectivity index (χ2n) is 5.96. The molecule has 1 N–H and O–H groups in total. The number of aryl methyl sites for hydroxylation is 1. The Hall–Kier alpha value is -2.54. The van der Waals surface area contributed by atoms with Gasteiger partial charge in [0.1, 0.15) is 10.7 Å². The van der Waals surface area contributed by atoms with Crippen LogP contribution in [-0.4, -0.2) is 25.3 Å². The highest BCUT2D eigenvalue weighted by molar-refractivity contribution is 7.08. The van der Waals surface area contributed by atoms with Crippen LogP contribution in [0.5, 0.6) is 0 Å². The molecule has 0 saturated heterocycles. The molecule has 0 saturated carbocycles. The third kappa shape index (κ3) is 3.51. The number of carbonyl (C=O) groups is 1. The zero-order chi connectivity index (χ0) is 17.1. The van der Waals surface area contributed by atoms with Gasteiger partial charge < -0.3 is 5.32 Å². The van der Waals surface area contributed by atoms with Crippen LogP contribution in [0.4, 0.5) is 5.82 Å².